The molecule has 0 spiro atoms. The molecule has 0 bridgehead atoms. The lowest BCUT2D eigenvalue weighted by atomic mass is 10.5. The molecule has 0 aromatic carbocycles. The van der Waals surface area contributed by atoms with Gasteiger partial charge in [-0.25, -0.2) is 4.39 Å². The molecule has 2 N–H and O–H groups in total. The molecule has 0 aliphatic carbocycles. The van der Waals surface area contributed by atoms with Crippen molar-refractivity contribution in [1.82, 2.24) is 10.6 Å². The molecule has 0 aromatic heterocycles. The lowest BCUT2D eigenvalue weighted by Crippen LogP contribution is -2.31. The van der Waals surface area contributed by atoms with Crippen LogP contribution in [-0.4, -0.2) is 13.2 Å². The van der Waals surface area contributed by atoms with E-state index in [2.05, 4.69) is 10.6 Å². The average molecular weight is 102 g/mol. The highest BCUT2D eigenvalue weighted by atomic mass is 19.1. The van der Waals surface area contributed by atoms with Crippen molar-refractivity contribution in [1.29, 1.82) is 0 Å². The van der Waals surface area contributed by atoms with Crippen LogP contribution < -0.4 is 10.6 Å². The lowest BCUT2D eigenvalue weighted by Gasteiger charge is -2.08. The summed E-state index contributed by atoms with van der Waals surface area (Å²) in [6.45, 7) is 1.04. The minimum absolute atomic E-state index is 0.133. The first-order chi connectivity index (χ1) is 3.39. The van der Waals surface area contributed by atoms with Crippen LogP contribution >= 0.6 is 0 Å². The van der Waals surface area contributed by atoms with Gasteiger partial charge in [-0.2, -0.15) is 0 Å². The Balaban J connectivity index is 2.40. The quantitative estimate of drug-likeness (QED) is 0.448. The first-order valence-corrected chi connectivity index (χ1v) is 2.18. The summed E-state index contributed by atoms with van der Waals surface area (Å²) >= 11 is 0. The Bertz CT molecular complexity index is 89.7. The normalized spacial score (nSPS) is 20.4. The van der Waals surface area contributed by atoms with Crippen LogP contribution in [-0.2, 0) is 0 Å². The Morgan fingerprint density at radius 2 is 2.57 bits per heavy atom. The van der Waals surface area contributed by atoms with Crippen LogP contribution in [0.3, 0.4) is 0 Å². The third-order valence-electron chi connectivity index (χ3n) is 0.780. The monoisotopic (exact) mass is 102 g/mol. The molecule has 0 aromatic rings. The zero-order valence-corrected chi connectivity index (χ0v) is 3.87. The van der Waals surface area contributed by atoms with Crippen LogP contribution in [0.4, 0.5) is 4.39 Å². The lowest BCUT2D eigenvalue weighted by molar-refractivity contribution is 0.521. The summed E-state index contributed by atoms with van der Waals surface area (Å²) in [4.78, 5) is 0. The van der Waals surface area contributed by atoms with Crippen molar-refractivity contribution in [3.05, 3.63) is 12.0 Å². The molecular weight excluding hydrogens is 95.1 g/mol. The number of hydrogen-bond donors (Lipinski definition) is 2. The van der Waals surface area contributed by atoms with Crippen molar-refractivity contribution >= 4 is 0 Å². The predicted octanol–water partition coefficient (Wildman–Crippen LogP) is -0.0524. The van der Waals surface area contributed by atoms with Crippen LogP contribution in [0.1, 0.15) is 0 Å². The van der Waals surface area contributed by atoms with Crippen LogP contribution in [0, 0.1) is 0 Å². The molecule has 2 nitrogen and oxygen atoms in total. The van der Waals surface area contributed by atoms with E-state index < -0.39 is 0 Å². The summed E-state index contributed by atoms with van der Waals surface area (Å²) in [6, 6.07) is 0. The van der Waals surface area contributed by atoms with Gasteiger partial charge in [-0.3, -0.25) is 5.32 Å². The molecule has 0 saturated heterocycles. The molecule has 7 heavy (non-hydrogen) atoms. The zero-order chi connectivity index (χ0) is 5.11. The van der Waals surface area contributed by atoms with Crippen molar-refractivity contribution in [2.45, 2.75) is 0 Å². The highest BCUT2D eigenvalue weighted by Crippen LogP contribution is 1.92. The maximum absolute atomic E-state index is 11.9. The topological polar surface area (TPSA) is 24.1 Å². The Morgan fingerprint density at radius 3 is 2.86 bits per heavy atom. The van der Waals surface area contributed by atoms with Gasteiger partial charge in [0, 0.05) is 6.20 Å². The first-order valence-electron chi connectivity index (χ1n) is 2.18. The fourth-order valence-electron chi connectivity index (χ4n) is 0.467. The van der Waals surface area contributed by atoms with Crippen molar-refractivity contribution in [3.63, 3.8) is 0 Å². The van der Waals surface area contributed by atoms with Gasteiger partial charge < -0.3 is 5.32 Å². The smallest absolute Gasteiger partial charge is 0.129 e. The second-order valence-corrected chi connectivity index (χ2v) is 1.40. The van der Waals surface area contributed by atoms with Gasteiger partial charge in [0.1, 0.15) is 5.83 Å². The van der Waals surface area contributed by atoms with E-state index in [1.807, 2.05) is 0 Å². The first kappa shape index (κ1) is 4.59. The Labute approximate surface area is 41.4 Å². The molecule has 0 atom stereocenters. The number of rotatable bonds is 0. The summed E-state index contributed by atoms with van der Waals surface area (Å²) in [5.41, 5.74) is 0. The summed E-state index contributed by atoms with van der Waals surface area (Å²) < 4.78 is 11.9. The molecule has 1 heterocycles. The van der Waals surface area contributed by atoms with E-state index in [1.165, 1.54) is 6.20 Å². The second kappa shape index (κ2) is 1.93. The van der Waals surface area contributed by atoms with E-state index in [4.69, 9.17) is 0 Å². The molecule has 0 amide bonds. The number of nitrogens with one attached hydrogen (secondary N) is 2. The van der Waals surface area contributed by atoms with Gasteiger partial charge in [-0.1, -0.05) is 0 Å². The van der Waals surface area contributed by atoms with Crippen molar-refractivity contribution in [2.75, 3.05) is 13.2 Å². The van der Waals surface area contributed by atoms with Gasteiger partial charge in [0.2, 0.25) is 0 Å². The zero-order valence-electron chi connectivity index (χ0n) is 3.87. The third kappa shape index (κ3) is 1.16. The van der Waals surface area contributed by atoms with Gasteiger partial charge in [0.25, 0.3) is 0 Å². The predicted molar refractivity (Wildman–Crippen MR) is 25.2 cm³/mol. The fourth-order valence-corrected chi connectivity index (χ4v) is 0.467. The molecule has 40 valence electrons. The standard InChI is InChI=1S/C4H7FN2/c5-4-1-6-3-7-2-4/h1,6-7H,2-3H2. The highest BCUT2D eigenvalue weighted by molar-refractivity contribution is 4.94. The third-order valence-corrected chi connectivity index (χ3v) is 0.780. The van der Waals surface area contributed by atoms with Gasteiger partial charge in [0.05, 0.1) is 13.2 Å². The summed E-state index contributed by atoms with van der Waals surface area (Å²) in [5.74, 6) is -0.133. The van der Waals surface area contributed by atoms with E-state index in [0.29, 0.717) is 13.2 Å². The Kier molecular flexibility index (Phi) is 1.26. The summed E-state index contributed by atoms with van der Waals surface area (Å²) in [5, 5.41) is 5.47. The minimum atomic E-state index is -0.133. The van der Waals surface area contributed by atoms with E-state index in [9.17, 15) is 4.39 Å². The fraction of sp³-hybridized carbons (Fsp3) is 0.500. The van der Waals surface area contributed by atoms with E-state index >= 15 is 0 Å². The number of hydrogen-bond acceptors (Lipinski definition) is 2. The summed E-state index contributed by atoms with van der Waals surface area (Å²) in [6.07, 6.45) is 1.37. The van der Waals surface area contributed by atoms with Gasteiger partial charge >= 0.3 is 0 Å². The van der Waals surface area contributed by atoms with Crippen molar-refractivity contribution < 1.29 is 4.39 Å². The van der Waals surface area contributed by atoms with Crippen LogP contribution in [0.2, 0.25) is 0 Å². The SMILES string of the molecule is FC1=CNCNC1. The van der Waals surface area contributed by atoms with Crippen LogP contribution in [0.15, 0.2) is 12.0 Å². The van der Waals surface area contributed by atoms with Crippen LogP contribution in [0.5, 0.6) is 0 Å². The van der Waals surface area contributed by atoms with E-state index in [1.54, 1.807) is 0 Å². The molecule has 1 aliphatic rings. The van der Waals surface area contributed by atoms with Gasteiger partial charge in [-0.15, -0.1) is 0 Å². The van der Waals surface area contributed by atoms with Crippen molar-refractivity contribution in [2.24, 2.45) is 0 Å². The average Bonchev–Trinajstić information content (AvgIpc) is 1.69. The maximum Gasteiger partial charge on any atom is 0.129 e. The van der Waals surface area contributed by atoms with Crippen molar-refractivity contribution in [3.8, 4) is 0 Å². The Hall–Kier alpha value is -0.570. The molecule has 1 rings (SSSR count). The van der Waals surface area contributed by atoms with Gasteiger partial charge in [0.15, 0.2) is 0 Å². The largest absolute Gasteiger partial charge is 0.376 e. The summed E-state index contributed by atoms with van der Waals surface area (Å²) in [7, 11) is 0. The molecule has 0 radical (unpaired) electrons. The molecule has 0 saturated carbocycles. The maximum atomic E-state index is 11.9. The highest BCUT2D eigenvalue weighted by Gasteiger charge is 1.96. The second-order valence-electron chi connectivity index (χ2n) is 1.40. The molecule has 3 heteroatoms. The number of halogens is 1. The molecule has 1 aliphatic heterocycles. The molecular formula is C4H7FN2. The minimum Gasteiger partial charge on any atom is -0.376 e. The van der Waals surface area contributed by atoms with E-state index in [-0.39, 0.29) is 5.83 Å². The molecule has 0 fully saturated rings. The van der Waals surface area contributed by atoms with Gasteiger partial charge in [-0.05, 0) is 0 Å². The van der Waals surface area contributed by atoms with E-state index in [0.717, 1.165) is 0 Å². The molecule has 0 unspecified atom stereocenters. The Morgan fingerprint density at radius 1 is 1.71 bits per heavy atom. The van der Waals surface area contributed by atoms with Crippen LogP contribution in [0.25, 0.3) is 0 Å².